The van der Waals surface area contributed by atoms with Crippen LogP contribution in [-0.4, -0.2) is 25.6 Å². The molecule has 5 rings (SSSR count). The second-order valence-corrected chi connectivity index (χ2v) is 7.76. The van der Waals surface area contributed by atoms with E-state index in [9.17, 15) is 4.79 Å². The monoisotopic (exact) mass is 431 g/mol. The molecular formula is C22H17N5O3S. The Morgan fingerprint density at radius 2 is 1.87 bits per heavy atom. The number of carbonyl (C=O) groups excluding carboxylic acids is 1. The highest BCUT2D eigenvalue weighted by Gasteiger charge is 2.21. The standard InChI is InChI=1S/C22H17N5O3S/c1-11-8-16(13(3)29-11)18-9-17(20-12(2)26-30-22(20)24-18)21(28)23-15-6-4-14(5-7-15)19-10-31-27-25-19/h4-10H,1-3H3,(H,23,28). The van der Waals surface area contributed by atoms with Gasteiger partial charge in [-0.1, -0.05) is 21.8 Å². The van der Waals surface area contributed by atoms with Crippen LogP contribution in [0.2, 0.25) is 0 Å². The van der Waals surface area contributed by atoms with Gasteiger partial charge in [0.2, 0.25) is 0 Å². The first kappa shape index (κ1) is 19.1. The summed E-state index contributed by atoms with van der Waals surface area (Å²) >= 11 is 1.29. The summed E-state index contributed by atoms with van der Waals surface area (Å²) < 4.78 is 14.9. The normalized spacial score (nSPS) is 11.2. The number of amides is 1. The Morgan fingerprint density at radius 1 is 1.06 bits per heavy atom. The summed E-state index contributed by atoms with van der Waals surface area (Å²) in [5.74, 6) is 1.21. The first-order valence-corrected chi connectivity index (χ1v) is 10.4. The Balaban J connectivity index is 1.52. The van der Waals surface area contributed by atoms with Crippen molar-refractivity contribution in [2.75, 3.05) is 5.32 Å². The van der Waals surface area contributed by atoms with Crippen molar-refractivity contribution in [3.63, 3.8) is 0 Å². The Morgan fingerprint density at radius 3 is 2.55 bits per heavy atom. The highest BCUT2D eigenvalue weighted by molar-refractivity contribution is 7.03. The van der Waals surface area contributed by atoms with Gasteiger partial charge in [-0.15, -0.1) is 5.10 Å². The number of fused-ring (bicyclic) bond motifs is 1. The Kier molecular flexibility index (Phi) is 4.59. The fourth-order valence-corrected chi connectivity index (χ4v) is 3.98. The van der Waals surface area contributed by atoms with Crippen LogP contribution in [0.1, 0.15) is 27.6 Å². The van der Waals surface area contributed by atoms with Crippen molar-refractivity contribution in [3.05, 3.63) is 64.6 Å². The molecule has 8 nitrogen and oxygen atoms in total. The molecule has 4 aromatic heterocycles. The third kappa shape index (κ3) is 3.49. The van der Waals surface area contributed by atoms with E-state index < -0.39 is 0 Å². The Hall–Kier alpha value is -3.85. The van der Waals surface area contributed by atoms with Crippen LogP contribution in [0, 0.1) is 20.8 Å². The molecule has 0 saturated heterocycles. The van der Waals surface area contributed by atoms with E-state index in [4.69, 9.17) is 8.94 Å². The van der Waals surface area contributed by atoms with Crippen molar-refractivity contribution >= 4 is 34.2 Å². The predicted molar refractivity (Wildman–Crippen MR) is 117 cm³/mol. The minimum absolute atomic E-state index is 0.277. The lowest BCUT2D eigenvalue weighted by molar-refractivity contribution is 0.102. The van der Waals surface area contributed by atoms with Gasteiger partial charge in [-0.2, -0.15) is 0 Å². The molecule has 1 amide bonds. The van der Waals surface area contributed by atoms with Crippen molar-refractivity contribution in [1.82, 2.24) is 19.7 Å². The van der Waals surface area contributed by atoms with Crippen molar-refractivity contribution in [1.29, 1.82) is 0 Å². The molecule has 0 radical (unpaired) electrons. The topological polar surface area (TPSA) is 107 Å². The number of furan rings is 1. The van der Waals surface area contributed by atoms with E-state index >= 15 is 0 Å². The first-order chi connectivity index (χ1) is 15.0. The van der Waals surface area contributed by atoms with E-state index in [0.29, 0.717) is 33.7 Å². The molecule has 0 aliphatic heterocycles. The summed E-state index contributed by atoms with van der Waals surface area (Å²) in [6, 6.07) is 11.1. The molecule has 0 fully saturated rings. The summed E-state index contributed by atoms with van der Waals surface area (Å²) in [6.07, 6.45) is 0. The predicted octanol–water partition coefficient (Wildman–Crippen LogP) is 5.18. The molecule has 0 aliphatic carbocycles. The molecule has 154 valence electrons. The zero-order valence-electron chi connectivity index (χ0n) is 17.0. The van der Waals surface area contributed by atoms with Crippen molar-refractivity contribution in [3.8, 4) is 22.5 Å². The molecule has 31 heavy (non-hydrogen) atoms. The van der Waals surface area contributed by atoms with E-state index in [1.165, 1.54) is 11.5 Å². The molecule has 0 bridgehead atoms. The largest absolute Gasteiger partial charge is 0.466 e. The van der Waals surface area contributed by atoms with E-state index in [1.54, 1.807) is 13.0 Å². The van der Waals surface area contributed by atoms with Gasteiger partial charge in [0.05, 0.1) is 22.3 Å². The van der Waals surface area contributed by atoms with Gasteiger partial charge in [-0.05, 0) is 56.6 Å². The lowest BCUT2D eigenvalue weighted by atomic mass is 10.1. The van der Waals surface area contributed by atoms with Crippen LogP contribution in [0.25, 0.3) is 33.6 Å². The van der Waals surface area contributed by atoms with Crippen LogP contribution in [0.3, 0.4) is 0 Å². The van der Waals surface area contributed by atoms with Gasteiger partial charge in [-0.3, -0.25) is 4.79 Å². The van der Waals surface area contributed by atoms with Gasteiger partial charge in [-0.25, -0.2) is 4.98 Å². The van der Waals surface area contributed by atoms with Crippen LogP contribution in [-0.2, 0) is 0 Å². The van der Waals surface area contributed by atoms with Gasteiger partial charge < -0.3 is 14.3 Å². The molecule has 5 aromatic rings. The summed E-state index contributed by atoms with van der Waals surface area (Å²) in [5, 5.41) is 13.5. The van der Waals surface area contributed by atoms with Gasteiger partial charge in [0.25, 0.3) is 11.6 Å². The van der Waals surface area contributed by atoms with Gasteiger partial charge in [0.1, 0.15) is 17.2 Å². The molecule has 4 heterocycles. The highest BCUT2D eigenvalue weighted by Crippen LogP contribution is 2.31. The molecule has 0 saturated carbocycles. The molecular weight excluding hydrogens is 414 g/mol. The second kappa shape index (κ2) is 7.44. The molecule has 0 aliphatic rings. The number of carbonyl (C=O) groups is 1. The van der Waals surface area contributed by atoms with Crippen LogP contribution in [0.4, 0.5) is 5.69 Å². The Bertz CT molecular complexity index is 1400. The summed E-state index contributed by atoms with van der Waals surface area (Å²) in [6.45, 7) is 5.51. The first-order valence-electron chi connectivity index (χ1n) is 9.53. The highest BCUT2D eigenvalue weighted by atomic mass is 32.1. The van der Waals surface area contributed by atoms with Gasteiger partial charge in [0, 0.05) is 22.2 Å². The SMILES string of the molecule is Cc1cc(-c2cc(C(=O)Nc3ccc(-c4csnn4)cc3)c3c(C)noc3n2)c(C)o1. The van der Waals surface area contributed by atoms with E-state index in [2.05, 4.69) is 25.0 Å². The number of nitrogens with one attached hydrogen (secondary N) is 1. The molecule has 1 N–H and O–H groups in total. The maximum atomic E-state index is 13.2. The average molecular weight is 431 g/mol. The van der Waals surface area contributed by atoms with Crippen molar-refractivity contribution in [2.45, 2.75) is 20.8 Å². The lowest BCUT2D eigenvalue weighted by Crippen LogP contribution is -2.13. The number of hydrogen-bond donors (Lipinski definition) is 1. The van der Waals surface area contributed by atoms with Crippen molar-refractivity contribution in [2.24, 2.45) is 0 Å². The van der Waals surface area contributed by atoms with Crippen LogP contribution >= 0.6 is 11.5 Å². The maximum absolute atomic E-state index is 13.2. The lowest BCUT2D eigenvalue weighted by Gasteiger charge is -2.08. The van der Waals surface area contributed by atoms with Crippen molar-refractivity contribution < 1.29 is 13.7 Å². The third-order valence-electron chi connectivity index (χ3n) is 4.98. The quantitative estimate of drug-likeness (QED) is 0.418. The van der Waals surface area contributed by atoms with E-state index in [-0.39, 0.29) is 5.91 Å². The number of hydrogen-bond acceptors (Lipinski definition) is 8. The maximum Gasteiger partial charge on any atom is 0.259 e. The number of pyridine rings is 1. The smallest absolute Gasteiger partial charge is 0.259 e. The minimum Gasteiger partial charge on any atom is -0.466 e. The summed E-state index contributed by atoms with van der Waals surface area (Å²) in [5.41, 5.74) is 5.14. The molecule has 0 unspecified atom stereocenters. The second-order valence-electron chi connectivity index (χ2n) is 7.15. The zero-order valence-corrected chi connectivity index (χ0v) is 17.8. The number of aryl methyl sites for hydroxylation is 3. The Labute approximate surface area is 181 Å². The number of benzene rings is 1. The summed E-state index contributed by atoms with van der Waals surface area (Å²) in [7, 11) is 0. The van der Waals surface area contributed by atoms with Crippen LogP contribution in [0.5, 0.6) is 0 Å². The summed E-state index contributed by atoms with van der Waals surface area (Å²) in [4.78, 5) is 17.8. The molecule has 0 spiro atoms. The van der Waals surface area contributed by atoms with Gasteiger partial charge in [0.15, 0.2) is 0 Å². The molecule has 9 heteroatoms. The molecule has 0 atom stereocenters. The molecule has 1 aromatic carbocycles. The number of aromatic nitrogens is 4. The van der Waals surface area contributed by atoms with E-state index in [0.717, 1.165) is 28.3 Å². The fourth-order valence-electron chi connectivity index (χ4n) is 3.51. The zero-order chi connectivity index (χ0) is 21.5. The van der Waals surface area contributed by atoms with Crippen LogP contribution < -0.4 is 5.32 Å². The third-order valence-corrected chi connectivity index (χ3v) is 5.48. The van der Waals surface area contributed by atoms with Gasteiger partial charge >= 0.3 is 0 Å². The number of rotatable bonds is 4. The fraction of sp³-hybridized carbons (Fsp3) is 0.136. The minimum atomic E-state index is -0.277. The number of nitrogens with zero attached hydrogens (tertiary/aromatic N) is 4. The number of anilines is 1. The van der Waals surface area contributed by atoms with E-state index in [1.807, 2.05) is 49.6 Å². The van der Waals surface area contributed by atoms with Crippen LogP contribution in [0.15, 0.2) is 50.7 Å². The average Bonchev–Trinajstić information content (AvgIpc) is 3.49.